The van der Waals surface area contributed by atoms with Crippen molar-refractivity contribution >= 4 is 11.8 Å². The van der Waals surface area contributed by atoms with E-state index in [1.807, 2.05) is 60.7 Å². The summed E-state index contributed by atoms with van der Waals surface area (Å²) in [7, 11) is 1.63. The van der Waals surface area contributed by atoms with Gasteiger partial charge in [0.05, 0.1) is 7.11 Å². The second kappa shape index (κ2) is 9.47. The van der Waals surface area contributed by atoms with Crippen molar-refractivity contribution < 1.29 is 23.8 Å². The van der Waals surface area contributed by atoms with Crippen molar-refractivity contribution in [3.05, 3.63) is 77.9 Å². The third-order valence-corrected chi connectivity index (χ3v) is 6.23. The summed E-state index contributed by atoms with van der Waals surface area (Å²) in [5.41, 5.74) is 3.37. The zero-order valence-corrected chi connectivity index (χ0v) is 19.0. The van der Waals surface area contributed by atoms with Gasteiger partial charge in [-0.05, 0) is 65.9 Å². The second-order valence-electron chi connectivity index (χ2n) is 8.37. The maximum absolute atomic E-state index is 13.4. The minimum Gasteiger partial charge on any atom is -0.497 e. The molecule has 174 valence electrons. The van der Waals surface area contributed by atoms with E-state index in [-0.39, 0.29) is 18.6 Å². The summed E-state index contributed by atoms with van der Waals surface area (Å²) in [6.07, 6.45) is 1.44. The number of ether oxygens (including phenoxy) is 3. The number of hydrogen-bond donors (Lipinski definition) is 1. The summed E-state index contributed by atoms with van der Waals surface area (Å²) in [5.74, 6) is 1.87. The quantitative estimate of drug-likeness (QED) is 0.604. The molecule has 0 aliphatic carbocycles. The first-order valence-electron chi connectivity index (χ1n) is 11.3. The number of carbonyl (C=O) groups excluding carboxylic acids is 2. The molecule has 0 aromatic heterocycles. The van der Waals surface area contributed by atoms with Gasteiger partial charge in [0.15, 0.2) is 11.5 Å². The van der Waals surface area contributed by atoms with Crippen molar-refractivity contribution in [2.24, 2.45) is 0 Å². The Balaban J connectivity index is 1.27. The van der Waals surface area contributed by atoms with Gasteiger partial charge in [-0.3, -0.25) is 9.59 Å². The van der Waals surface area contributed by atoms with Gasteiger partial charge in [-0.25, -0.2) is 0 Å². The summed E-state index contributed by atoms with van der Waals surface area (Å²) in [5, 5.41) is 2.98. The average molecular weight is 459 g/mol. The van der Waals surface area contributed by atoms with E-state index in [2.05, 4.69) is 5.32 Å². The molecule has 2 heterocycles. The van der Waals surface area contributed by atoms with E-state index < -0.39 is 6.04 Å². The molecule has 0 radical (unpaired) electrons. The average Bonchev–Trinajstić information content (AvgIpc) is 3.56. The lowest BCUT2D eigenvalue weighted by molar-refractivity contribution is -0.125. The minimum absolute atomic E-state index is 0.134. The van der Waals surface area contributed by atoms with Crippen molar-refractivity contribution in [3.63, 3.8) is 0 Å². The van der Waals surface area contributed by atoms with Crippen LogP contribution in [0.25, 0.3) is 11.1 Å². The van der Waals surface area contributed by atoms with Crippen LogP contribution < -0.4 is 19.5 Å². The lowest BCUT2D eigenvalue weighted by Gasteiger charge is -2.24. The summed E-state index contributed by atoms with van der Waals surface area (Å²) in [6, 6.07) is 20.3. The molecular weight excluding hydrogens is 432 g/mol. The van der Waals surface area contributed by atoms with Crippen molar-refractivity contribution in [3.8, 4) is 28.4 Å². The zero-order valence-electron chi connectivity index (χ0n) is 19.0. The van der Waals surface area contributed by atoms with Crippen LogP contribution in [0.1, 0.15) is 28.8 Å². The fraction of sp³-hybridized carbons (Fsp3) is 0.259. The molecule has 2 aliphatic heterocycles. The molecule has 1 fully saturated rings. The fourth-order valence-corrected chi connectivity index (χ4v) is 4.44. The number of rotatable bonds is 6. The monoisotopic (exact) mass is 458 g/mol. The molecule has 0 spiro atoms. The molecule has 5 rings (SSSR count). The predicted molar refractivity (Wildman–Crippen MR) is 127 cm³/mol. The summed E-state index contributed by atoms with van der Waals surface area (Å²) < 4.78 is 16.1. The highest BCUT2D eigenvalue weighted by atomic mass is 16.7. The Morgan fingerprint density at radius 1 is 1.00 bits per heavy atom. The van der Waals surface area contributed by atoms with Crippen LogP contribution in [0.3, 0.4) is 0 Å². The number of methoxy groups -OCH3 is 1. The van der Waals surface area contributed by atoms with Crippen LogP contribution in [-0.4, -0.2) is 43.2 Å². The van der Waals surface area contributed by atoms with E-state index in [1.54, 1.807) is 18.1 Å². The zero-order chi connectivity index (χ0) is 23.5. The first-order chi connectivity index (χ1) is 16.6. The molecule has 7 heteroatoms. The third-order valence-electron chi connectivity index (χ3n) is 6.23. The van der Waals surface area contributed by atoms with Crippen LogP contribution in [0.4, 0.5) is 0 Å². The van der Waals surface area contributed by atoms with E-state index in [1.165, 1.54) is 0 Å². The first-order valence-corrected chi connectivity index (χ1v) is 11.3. The molecule has 7 nitrogen and oxygen atoms in total. The number of nitrogens with one attached hydrogen (secondary N) is 1. The van der Waals surface area contributed by atoms with Crippen LogP contribution in [0.2, 0.25) is 0 Å². The Hall–Kier alpha value is -4.00. The van der Waals surface area contributed by atoms with Gasteiger partial charge < -0.3 is 24.4 Å². The van der Waals surface area contributed by atoms with Gasteiger partial charge in [0.1, 0.15) is 11.8 Å². The Morgan fingerprint density at radius 2 is 1.79 bits per heavy atom. The van der Waals surface area contributed by atoms with Crippen molar-refractivity contribution in [1.29, 1.82) is 0 Å². The lowest BCUT2D eigenvalue weighted by atomic mass is 10.0. The van der Waals surface area contributed by atoms with Crippen molar-refractivity contribution in [1.82, 2.24) is 10.2 Å². The predicted octanol–water partition coefficient (Wildman–Crippen LogP) is 4.01. The summed E-state index contributed by atoms with van der Waals surface area (Å²) in [4.78, 5) is 28.0. The molecule has 2 aliphatic rings. The normalized spacial score (nSPS) is 16.4. The van der Waals surface area contributed by atoms with Gasteiger partial charge in [0.25, 0.3) is 5.91 Å². The van der Waals surface area contributed by atoms with Crippen LogP contribution in [0.5, 0.6) is 17.2 Å². The third kappa shape index (κ3) is 4.41. The number of amides is 2. The number of nitrogens with zero attached hydrogens (tertiary/aromatic N) is 1. The second-order valence-corrected chi connectivity index (χ2v) is 8.37. The molecule has 2 amide bonds. The topological polar surface area (TPSA) is 77.1 Å². The van der Waals surface area contributed by atoms with E-state index in [4.69, 9.17) is 14.2 Å². The fourth-order valence-electron chi connectivity index (χ4n) is 4.44. The van der Waals surface area contributed by atoms with E-state index in [0.717, 1.165) is 28.9 Å². The largest absolute Gasteiger partial charge is 0.497 e. The van der Waals surface area contributed by atoms with E-state index in [0.29, 0.717) is 36.6 Å². The molecule has 1 saturated heterocycles. The smallest absolute Gasteiger partial charge is 0.254 e. The van der Waals surface area contributed by atoms with Gasteiger partial charge >= 0.3 is 0 Å². The number of hydrogen-bond acceptors (Lipinski definition) is 5. The molecular formula is C27H26N2O5. The highest BCUT2D eigenvalue weighted by Gasteiger charge is 2.34. The number of fused-ring (bicyclic) bond motifs is 1. The molecule has 1 unspecified atom stereocenters. The molecule has 34 heavy (non-hydrogen) atoms. The van der Waals surface area contributed by atoms with E-state index in [9.17, 15) is 9.59 Å². The Bertz CT molecular complexity index is 1230. The van der Waals surface area contributed by atoms with Gasteiger partial charge in [-0.2, -0.15) is 0 Å². The lowest BCUT2D eigenvalue weighted by Crippen LogP contribution is -2.45. The maximum Gasteiger partial charge on any atom is 0.254 e. The highest BCUT2D eigenvalue weighted by Crippen LogP contribution is 2.32. The van der Waals surface area contributed by atoms with Gasteiger partial charge in [0, 0.05) is 18.7 Å². The van der Waals surface area contributed by atoms with Crippen molar-refractivity contribution in [2.45, 2.75) is 25.4 Å². The van der Waals surface area contributed by atoms with Crippen molar-refractivity contribution in [2.75, 3.05) is 20.4 Å². The maximum atomic E-state index is 13.4. The molecule has 3 aromatic carbocycles. The van der Waals surface area contributed by atoms with Gasteiger partial charge in [-0.1, -0.05) is 30.3 Å². The SMILES string of the molecule is COc1cccc(-c2cccc(C(=O)N3CCCC3C(=O)NCc3ccc4c(c3)OCO4)c2)c1. The number of benzene rings is 3. The summed E-state index contributed by atoms with van der Waals surface area (Å²) in [6.45, 7) is 1.13. The number of likely N-dealkylation sites (tertiary alicyclic amines) is 1. The molecule has 0 bridgehead atoms. The first kappa shape index (κ1) is 21.8. The Morgan fingerprint density at radius 3 is 2.65 bits per heavy atom. The van der Waals surface area contributed by atoms with Crippen LogP contribution in [0, 0.1) is 0 Å². The molecule has 3 aromatic rings. The molecule has 0 saturated carbocycles. The Labute approximate surface area is 198 Å². The van der Waals surface area contributed by atoms with E-state index >= 15 is 0 Å². The van der Waals surface area contributed by atoms with Gasteiger partial charge in [0.2, 0.25) is 12.7 Å². The Kier molecular flexibility index (Phi) is 6.08. The molecule has 1 atom stereocenters. The standard InChI is InChI=1S/C27H26N2O5/c1-32-22-8-3-6-20(15-22)19-5-2-7-21(14-19)27(31)29-12-4-9-23(29)26(30)28-16-18-10-11-24-25(13-18)34-17-33-24/h2-3,5-8,10-11,13-15,23H,4,9,12,16-17H2,1H3,(H,28,30). The molecule has 1 N–H and O–H groups in total. The van der Waals surface area contributed by atoms with Crippen LogP contribution >= 0.6 is 0 Å². The number of carbonyl (C=O) groups is 2. The summed E-state index contributed by atoms with van der Waals surface area (Å²) >= 11 is 0. The minimum atomic E-state index is -0.484. The van der Waals surface area contributed by atoms with Crippen LogP contribution in [0.15, 0.2) is 66.7 Å². The van der Waals surface area contributed by atoms with Crippen LogP contribution in [-0.2, 0) is 11.3 Å². The highest BCUT2D eigenvalue weighted by molar-refractivity contribution is 5.98. The van der Waals surface area contributed by atoms with Gasteiger partial charge in [-0.15, -0.1) is 0 Å².